The van der Waals surface area contributed by atoms with E-state index in [0.717, 1.165) is 24.0 Å². The average Bonchev–Trinajstić information content (AvgIpc) is 3.40. The van der Waals surface area contributed by atoms with Gasteiger partial charge in [0.1, 0.15) is 11.5 Å². The molecule has 0 radical (unpaired) electrons. The topological polar surface area (TPSA) is 90.7 Å². The SMILES string of the molecule is COc1cccc(OC)c1S(=O)(=O)Nc1noc2c1CC1(CC1)c1ccc(Cl)cc1-2. The lowest BCUT2D eigenvalue weighted by atomic mass is 9.79. The zero-order chi connectivity index (χ0) is 21.1. The van der Waals surface area contributed by atoms with Crippen LogP contribution in [0.3, 0.4) is 0 Å². The Morgan fingerprint density at radius 3 is 2.47 bits per heavy atom. The van der Waals surface area contributed by atoms with E-state index >= 15 is 0 Å². The van der Waals surface area contributed by atoms with Crippen LogP contribution in [-0.4, -0.2) is 27.8 Å². The Labute approximate surface area is 179 Å². The van der Waals surface area contributed by atoms with Gasteiger partial charge < -0.3 is 14.0 Å². The number of fused-ring (bicyclic) bond motifs is 4. The number of hydrogen-bond acceptors (Lipinski definition) is 6. The zero-order valence-electron chi connectivity index (χ0n) is 16.4. The third kappa shape index (κ3) is 2.86. The Kier molecular flexibility index (Phi) is 4.27. The van der Waals surface area contributed by atoms with Crippen LogP contribution in [0.25, 0.3) is 11.3 Å². The Morgan fingerprint density at radius 2 is 1.83 bits per heavy atom. The van der Waals surface area contributed by atoms with E-state index in [2.05, 4.69) is 9.88 Å². The van der Waals surface area contributed by atoms with Gasteiger partial charge in [0.05, 0.1) is 14.2 Å². The molecule has 1 saturated carbocycles. The highest BCUT2D eigenvalue weighted by molar-refractivity contribution is 7.93. The van der Waals surface area contributed by atoms with Crippen molar-refractivity contribution < 1.29 is 22.4 Å². The zero-order valence-corrected chi connectivity index (χ0v) is 17.9. The monoisotopic (exact) mass is 446 g/mol. The number of hydrogen-bond donors (Lipinski definition) is 1. The molecule has 9 heteroatoms. The summed E-state index contributed by atoms with van der Waals surface area (Å²) in [5.74, 6) is 1.08. The Bertz CT molecular complexity index is 1240. The Balaban J connectivity index is 1.60. The molecular weight excluding hydrogens is 428 g/mol. The summed E-state index contributed by atoms with van der Waals surface area (Å²) in [5.41, 5.74) is 2.77. The van der Waals surface area contributed by atoms with Gasteiger partial charge in [-0.15, -0.1) is 0 Å². The third-order valence-corrected chi connectivity index (χ3v) is 7.47. The van der Waals surface area contributed by atoms with Crippen molar-refractivity contribution in [3.63, 3.8) is 0 Å². The summed E-state index contributed by atoms with van der Waals surface area (Å²) < 4.78 is 45.2. The van der Waals surface area contributed by atoms with E-state index in [1.165, 1.54) is 19.8 Å². The summed E-state index contributed by atoms with van der Waals surface area (Å²) in [6.45, 7) is 0. The number of nitrogens with one attached hydrogen (secondary N) is 1. The van der Waals surface area contributed by atoms with Crippen LogP contribution in [0.1, 0.15) is 24.0 Å². The third-order valence-electron chi connectivity index (χ3n) is 5.84. The highest BCUT2D eigenvalue weighted by Crippen LogP contribution is 2.58. The molecule has 2 aromatic carbocycles. The number of halogens is 1. The van der Waals surface area contributed by atoms with Crippen molar-refractivity contribution in [2.75, 3.05) is 18.9 Å². The highest BCUT2D eigenvalue weighted by atomic mass is 35.5. The van der Waals surface area contributed by atoms with E-state index in [1.807, 2.05) is 18.2 Å². The Morgan fingerprint density at radius 1 is 1.13 bits per heavy atom. The maximum Gasteiger partial charge on any atom is 0.270 e. The smallest absolute Gasteiger partial charge is 0.270 e. The fourth-order valence-corrected chi connectivity index (χ4v) is 5.74. The molecule has 1 spiro atoms. The van der Waals surface area contributed by atoms with Crippen molar-refractivity contribution in [3.8, 4) is 22.8 Å². The molecule has 7 nitrogen and oxygen atoms in total. The molecule has 0 saturated heterocycles. The molecule has 2 aliphatic rings. The quantitative estimate of drug-likeness (QED) is 0.624. The molecule has 3 aromatic rings. The number of ether oxygens (including phenoxy) is 2. The van der Waals surface area contributed by atoms with Gasteiger partial charge in [-0.1, -0.05) is 28.9 Å². The molecule has 0 aliphatic heterocycles. The summed E-state index contributed by atoms with van der Waals surface area (Å²) in [4.78, 5) is -0.0906. The van der Waals surface area contributed by atoms with E-state index in [4.69, 9.17) is 25.6 Å². The maximum atomic E-state index is 13.2. The van der Waals surface area contributed by atoms with Crippen LogP contribution in [0.5, 0.6) is 11.5 Å². The number of sulfonamides is 1. The Hall–Kier alpha value is -2.71. The molecule has 156 valence electrons. The van der Waals surface area contributed by atoms with Crippen molar-refractivity contribution in [3.05, 3.63) is 52.5 Å². The van der Waals surface area contributed by atoms with Crippen molar-refractivity contribution in [1.29, 1.82) is 0 Å². The minimum atomic E-state index is -4.05. The number of anilines is 1. The van der Waals surface area contributed by atoms with Crippen LogP contribution in [-0.2, 0) is 21.9 Å². The molecule has 1 N–H and O–H groups in total. The van der Waals surface area contributed by atoms with Gasteiger partial charge in [-0.3, -0.25) is 4.72 Å². The van der Waals surface area contributed by atoms with E-state index in [0.29, 0.717) is 17.2 Å². The van der Waals surface area contributed by atoms with Crippen molar-refractivity contribution in [2.24, 2.45) is 0 Å². The molecule has 0 unspecified atom stereocenters. The highest BCUT2D eigenvalue weighted by Gasteiger charge is 2.50. The lowest BCUT2D eigenvalue weighted by Crippen LogP contribution is -2.20. The van der Waals surface area contributed by atoms with E-state index in [-0.39, 0.29) is 27.6 Å². The van der Waals surface area contributed by atoms with E-state index < -0.39 is 10.0 Å². The second kappa shape index (κ2) is 6.65. The largest absolute Gasteiger partial charge is 0.495 e. The standard InChI is InChI=1S/C21H19ClN2O5S/c1-27-16-4-3-5-17(28-2)19(16)30(25,26)24-20-14-11-21(8-9-21)15-7-6-12(22)10-13(15)18(14)29-23-20/h3-7,10H,8-9,11H2,1-2H3,(H,23,24). The van der Waals surface area contributed by atoms with Crippen molar-refractivity contribution in [1.82, 2.24) is 5.16 Å². The van der Waals surface area contributed by atoms with Gasteiger partial charge in [0.25, 0.3) is 10.0 Å². The van der Waals surface area contributed by atoms with Gasteiger partial charge >= 0.3 is 0 Å². The normalized spacial score (nSPS) is 16.0. The summed E-state index contributed by atoms with van der Waals surface area (Å²) in [6, 6.07) is 10.5. The van der Waals surface area contributed by atoms with Gasteiger partial charge in [-0.2, -0.15) is 0 Å². The van der Waals surface area contributed by atoms with Crippen LogP contribution in [0.15, 0.2) is 45.8 Å². The van der Waals surface area contributed by atoms with Crippen LogP contribution in [0.2, 0.25) is 5.02 Å². The summed E-state index contributed by atoms with van der Waals surface area (Å²) >= 11 is 6.22. The molecule has 0 atom stereocenters. The summed E-state index contributed by atoms with van der Waals surface area (Å²) in [6.07, 6.45) is 2.71. The fourth-order valence-electron chi connectivity index (χ4n) is 4.22. The van der Waals surface area contributed by atoms with Crippen LogP contribution < -0.4 is 14.2 Å². The molecule has 1 aromatic heterocycles. The van der Waals surface area contributed by atoms with Gasteiger partial charge in [0, 0.05) is 21.6 Å². The van der Waals surface area contributed by atoms with Crippen LogP contribution in [0, 0.1) is 0 Å². The number of aromatic nitrogens is 1. The first-order valence-corrected chi connectivity index (χ1v) is 11.3. The van der Waals surface area contributed by atoms with Gasteiger partial charge in [-0.05, 0) is 49.1 Å². The van der Waals surface area contributed by atoms with Crippen LogP contribution >= 0.6 is 11.6 Å². The van der Waals surface area contributed by atoms with Crippen molar-refractivity contribution in [2.45, 2.75) is 29.6 Å². The fraction of sp³-hybridized carbons (Fsp3) is 0.286. The molecule has 0 bridgehead atoms. The molecule has 30 heavy (non-hydrogen) atoms. The maximum absolute atomic E-state index is 13.2. The number of nitrogens with zero attached hydrogens (tertiary/aromatic N) is 1. The molecule has 2 aliphatic carbocycles. The molecule has 1 fully saturated rings. The number of rotatable bonds is 5. The van der Waals surface area contributed by atoms with Gasteiger partial charge in [0.2, 0.25) is 0 Å². The number of methoxy groups -OCH3 is 2. The summed E-state index contributed by atoms with van der Waals surface area (Å²) in [5, 5.41) is 4.64. The average molecular weight is 447 g/mol. The van der Waals surface area contributed by atoms with Gasteiger partial charge in [0.15, 0.2) is 16.5 Å². The molecule has 0 amide bonds. The van der Waals surface area contributed by atoms with Gasteiger partial charge in [-0.25, -0.2) is 8.42 Å². The number of benzene rings is 2. The van der Waals surface area contributed by atoms with Crippen LogP contribution in [0.4, 0.5) is 5.82 Å². The minimum absolute atomic E-state index is 0.0131. The molecule has 5 rings (SSSR count). The first kappa shape index (κ1) is 19.3. The molecule has 1 heterocycles. The first-order chi connectivity index (χ1) is 14.4. The van der Waals surface area contributed by atoms with E-state index in [9.17, 15) is 8.42 Å². The summed E-state index contributed by atoms with van der Waals surface area (Å²) in [7, 11) is -1.24. The predicted molar refractivity (Wildman–Crippen MR) is 112 cm³/mol. The second-order valence-electron chi connectivity index (χ2n) is 7.58. The minimum Gasteiger partial charge on any atom is -0.495 e. The second-order valence-corrected chi connectivity index (χ2v) is 9.64. The predicted octanol–water partition coefficient (Wildman–Crippen LogP) is 4.40. The van der Waals surface area contributed by atoms with Crippen molar-refractivity contribution >= 4 is 27.4 Å². The lowest BCUT2D eigenvalue weighted by Gasteiger charge is -2.24. The van der Waals surface area contributed by atoms with E-state index in [1.54, 1.807) is 18.2 Å². The lowest BCUT2D eigenvalue weighted by molar-refractivity contribution is 0.373. The first-order valence-electron chi connectivity index (χ1n) is 9.41. The molecular formula is C21H19ClN2O5S.